The summed E-state index contributed by atoms with van der Waals surface area (Å²) in [4.78, 5) is 13.5. The first kappa shape index (κ1) is 12.5. The first-order chi connectivity index (χ1) is 6.98. The van der Waals surface area contributed by atoms with Gasteiger partial charge in [0.15, 0.2) is 0 Å². The number of likely N-dealkylation sites (tertiary alicyclic amines) is 1. The van der Waals surface area contributed by atoms with Crippen LogP contribution in [0.15, 0.2) is 0 Å². The fourth-order valence-electron chi connectivity index (χ4n) is 2.25. The van der Waals surface area contributed by atoms with Gasteiger partial charge in [0, 0.05) is 13.1 Å². The van der Waals surface area contributed by atoms with E-state index in [-0.39, 0.29) is 0 Å². The maximum absolute atomic E-state index is 11.2. The van der Waals surface area contributed by atoms with Gasteiger partial charge < -0.3 is 10.0 Å². The molecule has 0 saturated carbocycles. The third kappa shape index (κ3) is 3.20. The molecule has 1 rings (SSSR count). The van der Waals surface area contributed by atoms with Gasteiger partial charge >= 0.3 is 5.97 Å². The second kappa shape index (κ2) is 4.97. The zero-order valence-corrected chi connectivity index (χ0v) is 10.1. The van der Waals surface area contributed by atoms with Crippen LogP contribution >= 0.6 is 0 Å². The molecule has 88 valence electrons. The normalized spacial score (nSPS) is 27.3. The highest BCUT2D eigenvalue weighted by Gasteiger charge is 2.34. The fraction of sp³-hybridized carbons (Fsp3) is 0.917. The van der Waals surface area contributed by atoms with Gasteiger partial charge in [0.1, 0.15) is 0 Å². The molecular weight excluding hydrogens is 190 g/mol. The second-order valence-electron chi connectivity index (χ2n) is 5.20. The number of rotatable bonds is 4. The Morgan fingerprint density at radius 1 is 1.60 bits per heavy atom. The number of carboxylic acids is 1. The average Bonchev–Trinajstić information content (AvgIpc) is 2.17. The maximum Gasteiger partial charge on any atom is 0.310 e. The summed E-state index contributed by atoms with van der Waals surface area (Å²) in [7, 11) is 0. The minimum Gasteiger partial charge on any atom is -0.481 e. The fourth-order valence-corrected chi connectivity index (χ4v) is 2.25. The average molecular weight is 213 g/mol. The molecule has 0 aliphatic carbocycles. The number of hydrogen-bond donors (Lipinski definition) is 1. The lowest BCUT2D eigenvalue weighted by Gasteiger charge is -2.36. The van der Waals surface area contributed by atoms with Crippen LogP contribution in [0.5, 0.6) is 0 Å². The number of aliphatic carboxylic acids is 1. The standard InChI is InChI=1S/C12H23NO2/c1-4-12(3,11(14)15)9-13-7-5-6-10(2)8-13/h10H,4-9H2,1-3H3,(H,14,15). The SMILES string of the molecule is CCC(C)(CN1CCCC(C)C1)C(=O)O. The van der Waals surface area contributed by atoms with Gasteiger partial charge in [-0.25, -0.2) is 0 Å². The van der Waals surface area contributed by atoms with Crippen LogP contribution in [0.4, 0.5) is 0 Å². The van der Waals surface area contributed by atoms with Crippen LogP contribution in [0.3, 0.4) is 0 Å². The van der Waals surface area contributed by atoms with E-state index in [9.17, 15) is 9.90 Å². The van der Waals surface area contributed by atoms with E-state index >= 15 is 0 Å². The van der Waals surface area contributed by atoms with Crippen molar-refractivity contribution in [2.45, 2.75) is 40.0 Å². The Hall–Kier alpha value is -0.570. The van der Waals surface area contributed by atoms with Crippen molar-refractivity contribution in [3.63, 3.8) is 0 Å². The van der Waals surface area contributed by atoms with Gasteiger partial charge in [0.25, 0.3) is 0 Å². The number of nitrogens with zero attached hydrogens (tertiary/aromatic N) is 1. The van der Waals surface area contributed by atoms with E-state index in [0.717, 1.165) is 13.1 Å². The number of carbonyl (C=O) groups is 1. The Bertz CT molecular complexity index is 230. The summed E-state index contributed by atoms with van der Waals surface area (Å²) in [6, 6.07) is 0. The van der Waals surface area contributed by atoms with Crippen molar-refractivity contribution in [1.82, 2.24) is 4.90 Å². The monoisotopic (exact) mass is 213 g/mol. The van der Waals surface area contributed by atoms with E-state index in [1.165, 1.54) is 12.8 Å². The molecule has 1 fully saturated rings. The molecule has 0 radical (unpaired) electrons. The van der Waals surface area contributed by atoms with Crippen LogP contribution in [-0.4, -0.2) is 35.6 Å². The molecular formula is C12H23NO2. The first-order valence-corrected chi connectivity index (χ1v) is 5.93. The van der Waals surface area contributed by atoms with Gasteiger partial charge in [-0.3, -0.25) is 4.79 Å². The summed E-state index contributed by atoms with van der Waals surface area (Å²) in [6.45, 7) is 8.88. The topological polar surface area (TPSA) is 40.5 Å². The van der Waals surface area contributed by atoms with Crippen LogP contribution in [0.1, 0.15) is 40.0 Å². The van der Waals surface area contributed by atoms with E-state index in [0.29, 0.717) is 18.9 Å². The predicted molar refractivity (Wildman–Crippen MR) is 60.9 cm³/mol. The summed E-state index contributed by atoms with van der Waals surface area (Å²) < 4.78 is 0. The molecule has 3 heteroatoms. The zero-order valence-electron chi connectivity index (χ0n) is 10.1. The van der Waals surface area contributed by atoms with Gasteiger partial charge in [-0.15, -0.1) is 0 Å². The highest BCUT2D eigenvalue weighted by molar-refractivity contribution is 5.74. The molecule has 0 amide bonds. The van der Waals surface area contributed by atoms with Crippen LogP contribution < -0.4 is 0 Å². The quantitative estimate of drug-likeness (QED) is 0.778. The molecule has 0 aromatic heterocycles. The molecule has 0 bridgehead atoms. The Morgan fingerprint density at radius 2 is 2.27 bits per heavy atom. The van der Waals surface area contributed by atoms with Crippen molar-refractivity contribution < 1.29 is 9.90 Å². The molecule has 1 aliphatic heterocycles. The Labute approximate surface area is 92.5 Å². The van der Waals surface area contributed by atoms with E-state index in [2.05, 4.69) is 11.8 Å². The molecule has 1 N–H and O–H groups in total. The van der Waals surface area contributed by atoms with Crippen molar-refractivity contribution in [2.75, 3.05) is 19.6 Å². The van der Waals surface area contributed by atoms with Gasteiger partial charge in [-0.2, -0.15) is 0 Å². The van der Waals surface area contributed by atoms with Gasteiger partial charge in [0.05, 0.1) is 5.41 Å². The number of piperidine rings is 1. The van der Waals surface area contributed by atoms with Gasteiger partial charge in [0.2, 0.25) is 0 Å². The molecule has 1 heterocycles. The Balaban J connectivity index is 2.54. The molecule has 3 nitrogen and oxygen atoms in total. The second-order valence-corrected chi connectivity index (χ2v) is 5.20. The minimum absolute atomic E-state index is 0.572. The molecule has 15 heavy (non-hydrogen) atoms. The third-order valence-corrected chi connectivity index (χ3v) is 3.61. The van der Waals surface area contributed by atoms with Crippen LogP contribution in [-0.2, 0) is 4.79 Å². The van der Waals surface area contributed by atoms with Crippen LogP contribution in [0, 0.1) is 11.3 Å². The van der Waals surface area contributed by atoms with Crippen LogP contribution in [0.2, 0.25) is 0 Å². The van der Waals surface area contributed by atoms with Crippen molar-refractivity contribution in [2.24, 2.45) is 11.3 Å². The lowest BCUT2D eigenvalue weighted by Crippen LogP contribution is -2.44. The summed E-state index contributed by atoms with van der Waals surface area (Å²) >= 11 is 0. The molecule has 0 aromatic carbocycles. The molecule has 2 atom stereocenters. The van der Waals surface area contributed by atoms with Gasteiger partial charge in [-0.05, 0) is 38.6 Å². The summed E-state index contributed by atoms with van der Waals surface area (Å²) in [5.41, 5.74) is -0.572. The van der Waals surface area contributed by atoms with E-state index in [4.69, 9.17) is 0 Å². The van der Waals surface area contributed by atoms with E-state index < -0.39 is 11.4 Å². The molecule has 2 unspecified atom stereocenters. The van der Waals surface area contributed by atoms with Gasteiger partial charge in [-0.1, -0.05) is 13.8 Å². The molecule has 0 spiro atoms. The van der Waals surface area contributed by atoms with Crippen molar-refractivity contribution in [1.29, 1.82) is 0 Å². The third-order valence-electron chi connectivity index (χ3n) is 3.61. The largest absolute Gasteiger partial charge is 0.481 e. The Kier molecular flexibility index (Phi) is 4.14. The van der Waals surface area contributed by atoms with Crippen molar-refractivity contribution in [3.05, 3.63) is 0 Å². The zero-order chi connectivity index (χ0) is 11.5. The molecule has 1 aliphatic rings. The summed E-state index contributed by atoms with van der Waals surface area (Å²) in [6.07, 6.45) is 3.19. The van der Waals surface area contributed by atoms with Crippen molar-refractivity contribution in [3.8, 4) is 0 Å². The van der Waals surface area contributed by atoms with E-state index in [1.807, 2.05) is 13.8 Å². The van der Waals surface area contributed by atoms with Crippen LogP contribution in [0.25, 0.3) is 0 Å². The molecule has 1 saturated heterocycles. The lowest BCUT2D eigenvalue weighted by atomic mass is 9.86. The number of hydrogen-bond acceptors (Lipinski definition) is 2. The highest BCUT2D eigenvalue weighted by atomic mass is 16.4. The Morgan fingerprint density at radius 3 is 2.73 bits per heavy atom. The summed E-state index contributed by atoms with van der Waals surface area (Å²) in [5, 5.41) is 9.20. The highest BCUT2D eigenvalue weighted by Crippen LogP contribution is 2.25. The predicted octanol–water partition coefficient (Wildman–Crippen LogP) is 2.22. The van der Waals surface area contributed by atoms with E-state index in [1.54, 1.807) is 0 Å². The maximum atomic E-state index is 11.2. The lowest BCUT2D eigenvalue weighted by molar-refractivity contribution is -0.149. The minimum atomic E-state index is -0.664. The first-order valence-electron chi connectivity index (χ1n) is 5.93. The molecule has 0 aromatic rings. The number of carboxylic acid groups (broad SMARTS) is 1. The van der Waals surface area contributed by atoms with Crippen molar-refractivity contribution >= 4 is 5.97 Å². The summed E-state index contributed by atoms with van der Waals surface area (Å²) in [5.74, 6) is 0.0527. The smallest absolute Gasteiger partial charge is 0.310 e.